The highest BCUT2D eigenvalue weighted by atomic mass is 19.1. The quantitative estimate of drug-likeness (QED) is 0.441. The van der Waals surface area contributed by atoms with Crippen molar-refractivity contribution in [2.75, 3.05) is 0 Å². The molecule has 6 rings (SSSR count). The van der Waals surface area contributed by atoms with E-state index in [9.17, 15) is 4.39 Å². The number of aromatic amines is 2. The Morgan fingerprint density at radius 2 is 1.84 bits per heavy atom. The van der Waals surface area contributed by atoms with E-state index in [1.165, 1.54) is 12.1 Å². The predicted molar refractivity (Wildman–Crippen MR) is 115 cm³/mol. The van der Waals surface area contributed by atoms with Crippen LogP contribution in [0.15, 0.2) is 73.3 Å². The van der Waals surface area contributed by atoms with E-state index in [2.05, 4.69) is 35.1 Å². The molecule has 0 unspecified atom stereocenters. The molecule has 0 saturated heterocycles. The Kier molecular flexibility index (Phi) is 3.82. The lowest BCUT2D eigenvalue weighted by molar-refractivity contribution is 0.628. The number of benzene rings is 2. The highest BCUT2D eigenvalue weighted by molar-refractivity contribution is 5.97. The van der Waals surface area contributed by atoms with Crippen molar-refractivity contribution in [1.82, 2.24) is 35.1 Å². The standard InChI is InChI=1S/C23H14FN7/c24-15-3-1-2-13(10-15)16-6-7-27-22-20(16)28-23(29-22)21-17-11-14(4-5-18(17)30-31-21)19-12-25-8-9-26-19/h1-12H,(H,30,31)(H,27,28,29). The summed E-state index contributed by atoms with van der Waals surface area (Å²) < 4.78 is 13.8. The molecule has 2 N–H and O–H groups in total. The molecule has 0 aliphatic heterocycles. The second-order valence-electron chi connectivity index (χ2n) is 7.08. The molecule has 4 heterocycles. The fourth-order valence-electron chi connectivity index (χ4n) is 3.72. The summed E-state index contributed by atoms with van der Waals surface area (Å²) >= 11 is 0. The summed E-state index contributed by atoms with van der Waals surface area (Å²) in [6.45, 7) is 0. The predicted octanol–water partition coefficient (Wildman–Crippen LogP) is 4.76. The Hall–Kier alpha value is -4.46. The SMILES string of the molecule is Fc1cccc(-c2ccnc3nc(-c4n[nH]c5ccc(-c6cnccn6)cc45)[nH]c23)c1. The largest absolute Gasteiger partial charge is 0.335 e. The van der Waals surface area contributed by atoms with Crippen molar-refractivity contribution >= 4 is 22.1 Å². The van der Waals surface area contributed by atoms with Gasteiger partial charge in [0.25, 0.3) is 0 Å². The van der Waals surface area contributed by atoms with Gasteiger partial charge in [0, 0.05) is 35.1 Å². The Morgan fingerprint density at radius 3 is 2.71 bits per heavy atom. The van der Waals surface area contributed by atoms with Gasteiger partial charge < -0.3 is 4.98 Å². The lowest BCUT2D eigenvalue weighted by Gasteiger charge is -2.02. The van der Waals surface area contributed by atoms with Crippen LogP contribution in [0, 0.1) is 5.82 Å². The molecule has 0 saturated carbocycles. The number of H-pyrrole nitrogens is 2. The van der Waals surface area contributed by atoms with Gasteiger partial charge in [0.2, 0.25) is 0 Å². The summed E-state index contributed by atoms with van der Waals surface area (Å²) in [6, 6.07) is 14.2. The van der Waals surface area contributed by atoms with E-state index in [0.29, 0.717) is 17.2 Å². The number of halogens is 1. The van der Waals surface area contributed by atoms with Gasteiger partial charge in [-0.25, -0.2) is 14.4 Å². The van der Waals surface area contributed by atoms with Crippen molar-refractivity contribution in [3.8, 4) is 33.9 Å². The third-order valence-corrected chi connectivity index (χ3v) is 5.17. The molecule has 0 aliphatic carbocycles. The summed E-state index contributed by atoms with van der Waals surface area (Å²) in [6.07, 6.45) is 6.69. The molecular formula is C23H14FN7. The van der Waals surface area contributed by atoms with Crippen LogP contribution >= 0.6 is 0 Å². The minimum atomic E-state index is -0.294. The molecule has 2 aromatic carbocycles. The second-order valence-corrected chi connectivity index (χ2v) is 7.08. The van der Waals surface area contributed by atoms with Crippen molar-refractivity contribution in [1.29, 1.82) is 0 Å². The lowest BCUT2D eigenvalue weighted by Crippen LogP contribution is -1.85. The molecule has 0 amide bonds. The van der Waals surface area contributed by atoms with Crippen LogP contribution < -0.4 is 0 Å². The van der Waals surface area contributed by atoms with Gasteiger partial charge in [-0.3, -0.25) is 15.1 Å². The number of nitrogens with one attached hydrogen (secondary N) is 2. The molecule has 8 heteroatoms. The van der Waals surface area contributed by atoms with Gasteiger partial charge in [0.1, 0.15) is 11.5 Å². The summed E-state index contributed by atoms with van der Waals surface area (Å²) in [5.74, 6) is 0.283. The average Bonchev–Trinajstić information content (AvgIpc) is 3.43. The topological polar surface area (TPSA) is 96.0 Å². The zero-order chi connectivity index (χ0) is 20.8. The van der Waals surface area contributed by atoms with Crippen molar-refractivity contribution in [3.63, 3.8) is 0 Å². The fraction of sp³-hybridized carbons (Fsp3) is 0. The minimum Gasteiger partial charge on any atom is -0.335 e. The first-order valence-corrected chi connectivity index (χ1v) is 9.62. The molecule has 0 aliphatic rings. The van der Waals surface area contributed by atoms with E-state index < -0.39 is 0 Å². The molecule has 0 spiro atoms. The number of aromatic nitrogens is 7. The van der Waals surface area contributed by atoms with Crippen LogP contribution in [-0.4, -0.2) is 35.1 Å². The molecule has 0 radical (unpaired) electrons. The number of fused-ring (bicyclic) bond motifs is 2. The van der Waals surface area contributed by atoms with Gasteiger partial charge in [-0.1, -0.05) is 18.2 Å². The van der Waals surface area contributed by atoms with Crippen LogP contribution in [0.1, 0.15) is 0 Å². The molecule has 148 valence electrons. The number of imidazole rings is 1. The van der Waals surface area contributed by atoms with Gasteiger partial charge in [-0.2, -0.15) is 5.10 Å². The molecule has 7 nitrogen and oxygen atoms in total. The van der Waals surface area contributed by atoms with Gasteiger partial charge in [-0.05, 0) is 35.9 Å². The Balaban J connectivity index is 1.52. The van der Waals surface area contributed by atoms with E-state index in [0.717, 1.165) is 38.8 Å². The molecule has 31 heavy (non-hydrogen) atoms. The summed E-state index contributed by atoms with van der Waals surface area (Å²) in [5.41, 5.74) is 6.09. The number of nitrogens with zero attached hydrogens (tertiary/aromatic N) is 5. The maximum Gasteiger partial charge on any atom is 0.178 e. The van der Waals surface area contributed by atoms with Crippen LogP contribution in [0.2, 0.25) is 0 Å². The summed E-state index contributed by atoms with van der Waals surface area (Å²) in [4.78, 5) is 20.9. The Bertz CT molecular complexity index is 1550. The molecule has 0 fully saturated rings. The van der Waals surface area contributed by atoms with Gasteiger partial charge in [0.15, 0.2) is 11.5 Å². The highest BCUT2D eigenvalue weighted by Crippen LogP contribution is 2.32. The first-order valence-electron chi connectivity index (χ1n) is 9.62. The van der Waals surface area contributed by atoms with Crippen LogP contribution in [-0.2, 0) is 0 Å². The maximum atomic E-state index is 13.8. The van der Waals surface area contributed by atoms with E-state index in [4.69, 9.17) is 0 Å². The van der Waals surface area contributed by atoms with E-state index in [1.54, 1.807) is 30.9 Å². The normalized spacial score (nSPS) is 11.4. The molecule has 0 bridgehead atoms. The van der Waals surface area contributed by atoms with Crippen molar-refractivity contribution in [2.45, 2.75) is 0 Å². The van der Waals surface area contributed by atoms with Crippen molar-refractivity contribution in [3.05, 3.63) is 79.1 Å². The molecule has 0 atom stereocenters. The summed E-state index contributed by atoms with van der Waals surface area (Å²) in [5, 5.41) is 8.41. The fourth-order valence-corrected chi connectivity index (χ4v) is 3.72. The zero-order valence-corrected chi connectivity index (χ0v) is 16.0. The van der Waals surface area contributed by atoms with Crippen LogP contribution in [0.3, 0.4) is 0 Å². The van der Waals surface area contributed by atoms with Crippen LogP contribution in [0.5, 0.6) is 0 Å². The first-order chi connectivity index (χ1) is 15.3. The zero-order valence-electron chi connectivity index (χ0n) is 16.0. The monoisotopic (exact) mass is 407 g/mol. The van der Waals surface area contributed by atoms with Crippen LogP contribution in [0.25, 0.3) is 56.0 Å². The lowest BCUT2D eigenvalue weighted by atomic mass is 10.1. The number of pyridine rings is 1. The van der Waals surface area contributed by atoms with Gasteiger partial charge >= 0.3 is 0 Å². The molecular weight excluding hydrogens is 393 g/mol. The van der Waals surface area contributed by atoms with E-state index >= 15 is 0 Å². The molecule has 6 aromatic rings. The van der Waals surface area contributed by atoms with Crippen LogP contribution in [0.4, 0.5) is 4.39 Å². The highest BCUT2D eigenvalue weighted by Gasteiger charge is 2.16. The maximum absolute atomic E-state index is 13.8. The number of hydrogen-bond donors (Lipinski definition) is 2. The second kappa shape index (κ2) is 6.81. The molecule has 4 aromatic heterocycles. The van der Waals surface area contributed by atoms with Gasteiger partial charge in [0.05, 0.1) is 22.9 Å². The van der Waals surface area contributed by atoms with Gasteiger partial charge in [-0.15, -0.1) is 0 Å². The summed E-state index contributed by atoms with van der Waals surface area (Å²) in [7, 11) is 0. The van der Waals surface area contributed by atoms with Crippen molar-refractivity contribution < 1.29 is 4.39 Å². The van der Waals surface area contributed by atoms with E-state index in [1.807, 2.05) is 30.3 Å². The first kappa shape index (κ1) is 17.4. The van der Waals surface area contributed by atoms with Crippen molar-refractivity contribution in [2.24, 2.45) is 0 Å². The van der Waals surface area contributed by atoms with E-state index in [-0.39, 0.29) is 5.82 Å². The average molecular weight is 407 g/mol. The third kappa shape index (κ3) is 2.93. The Labute approximate surface area is 175 Å². The third-order valence-electron chi connectivity index (χ3n) is 5.17. The smallest absolute Gasteiger partial charge is 0.178 e. The Morgan fingerprint density at radius 1 is 0.871 bits per heavy atom. The minimum absolute atomic E-state index is 0.294. The number of hydrogen-bond acceptors (Lipinski definition) is 5. The number of rotatable bonds is 3.